The molecule has 4 heteroatoms. The van der Waals surface area contributed by atoms with E-state index >= 15 is 0 Å². The zero-order chi connectivity index (χ0) is 10.8. The van der Waals surface area contributed by atoms with Gasteiger partial charge in [0.15, 0.2) is 0 Å². The summed E-state index contributed by atoms with van der Waals surface area (Å²) in [5.74, 6) is 0. The van der Waals surface area contributed by atoms with Crippen molar-refractivity contribution in [2.24, 2.45) is 7.05 Å². The zero-order valence-electron chi connectivity index (χ0n) is 8.31. The Kier molecular flexibility index (Phi) is 2.75. The van der Waals surface area contributed by atoms with Crippen LogP contribution in [-0.4, -0.2) is 14.9 Å². The molecule has 0 radical (unpaired) electrons. The Labute approximate surface area is 92.9 Å². The van der Waals surface area contributed by atoms with E-state index in [0.717, 1.165) is 16.7 Å². The van der Waals surface area contributed by atoms with Crippen LogP contribution in [0, 0.1) is 0 Å². The molecule has 0 spiro atoms. The molecule has 1 aromatic carbocycles. The zero-order valence-corrected chi connectivity index (χ0v) is 9.07. The number of aryl methyl sites for hydroxylation is 1. The fourth-order valence-corrected chi connectivity index (χ4v) is 1.67. The number of nitrogens with zero attached hydrogens (tertiary/aromatic N) is 2. The van der Waals surface area contributed by atoms with Crippen molar-refractivity contribution in [2.45, 2.75) is 6.61 Å². The Bertz CT molecular complexity index is 479. The highest BCUT2D eigenvalue weighted by Gasteiger charge is 2.04. The number of benzene rings is 1. The SMILES string of the molecule is Cn1cc(-c2ccc(CO)c(Cl)c2)cn1. The molecule has 0 aliphatic rings. The van der Waals surface area contributed by atoms with Gasteiger partial charge in [-0.2, -0.15) is 5.10 Å². The third-order valence-electron chi connectivity index (χ3n) is 2.26. The van der Waals surface area contributed by atoms with Gasteiger partial charge >= 0.3 is 0 Å². The number of aliphatic hydroxyl groups is 1. The number of hydrogen-bond acceptors (Lipinski definition) is 2. The van der Waals surface area contributed by atoms with E-state index in [1.807, 2.05) is 31.4 Å². The average Bonchev–Trinajstić information content (AvgIpc) is 2.65. The second-order valence-electron chi connectivity index (χ2n) is 3.37. The van der Waals surface area contributed by atoms with Gasteiger partial charge in [0.25, 0.3) is 0 Å². The monoisotopic (exact) mass is 222 g/mol. The number of aliphatic hydroxyl groups excluding tert-OH is 1. The molecule has 1 aromatic heterocycles. The number of rotatable bonds is 2. The van der Waals surface area contributed by atoms with Gasteiger partial charge in [0, 0.05) is 23.8 Å². The van der Waals surface area contributed by atoms with Crippen LogP contribution in [0.1, 0.15) is 5.56 Å². The van der Waals surface area contributed by atoms with Gasteiger partial charge in [-0.25, -0.2) is 0 Å². The Morgan fingerprint density at radius 2 is 2.20 bits per heavy atom. The summed E-state index contributed by atoms with van der Waals surface area (Å²) in [6.45, 7) is -0.0356. The van der Waals surface area contributed by atoms with E-state index in [2.05, 4.69) is 5.10 Å². The topological polar surface area (TPSA) is 38.0 Å². The van der Waals surface area contributed by atoms with Crippen LogP contribution < -0.4 is 0 Å². The lowest BCUT2D eigenvalue weighted by Gasteiger charge is -2.02. The summed E-state index contributed by atoms with van der Waals surface area (Å²) in [5.41, 5.74) is 2.76. The highest BCUT2D eigenvalue weighted by molar-refractivity contribution is 6.31. The molecule has 0 saturated carbocycles. The Balaban J connectivity index is 2.42. The quantitative estimate of drug-likeness (QED) is 0.846. The third kappa shape index (κ3) is 2.03. The van der Waals surface area contributed by atoms with Gasteiger partial charge in [-0.3, -0.25) is 4.68 Å². The van der Waals surface area contributed by atoms with Crippen molar-refractivity contribution < 1.29 is 5.11 Å². The first kappa shape index (κ1) is 10.2. The summed E-state index contributed by atoms with van der Waals surface area (Å²) in [5, 5.41) is 13.7. The molecule has 3 nitrogen and oxygen atoms in total. The highest BCUT2D eigenvalue weighted by atomic mass is 35.5. The van der Waals surface area contributed by atoms with E-state index < -0.39 is 0 Å². The minimum Gasteiger partial charge on any atom is -0.392 e. The van der Waals surface area contributed by atoms with Crippen molar-refractivity contribution >= 4 is 11.6 Å². The molecule has 0 bridgehead atoms. The minimum absolute atomic E-state index is 0.0356. The fourth-order valence-electron chi connectivity index (χ4n) is 1.43. The van der Waals surface area contributed by atoms with Crippen molar-refractivity contribution in [2.75, 3.05) is 0 Å². The van der Waals surface area contributed by atoms with Crippen LogP contribution in [0.25, 0.3) is 11.1 Å². The molecule has 0 fully saturated rings. The van der Waals surface area contributed by atoms with Crippen molar-refractivity contribution in [3.8, 4) is 11.1 Å². The van der Waals surface area contributed by atoms with Crippen LogP contribution in [0.4, 0.5) is 0 Å². The van der Waals surface area contributed by atoms with E-state index in [1.165, 1.54) is 0 Å². The Morgan fingerprint density at radius 3 is 2.73 bits per heavy atom. The maximum atomic E-state index is 8.98. The summed E-state index contributed by atoms with van der Waals surface area (Å²) in [6, 6.07) is 5.59. The van der Waals surface area contributed by atoms with Crippen LogP contribution in [0.2, 0.25) is 5.02 Å². The van der Waals surface area contributed by atoms with Crippen LogP contribution in [-0.2, 0) is 13.7 Å². The number of hydrogen-bond donors (Lipinski definition) is 1. The van der Waals surface area contributed by atoms with Gasteiger partial charge in [0.05, 0.1) is 12.8 Å². The smallest absolute Gasteiger partial charge is 0.0696 e. The first-order chi connectivity index (χ1) is 7.20. The number of halogens is 1. The molecule has 1 heterocycles. The molecule has 2 rings (SSSR count). The standard InChI is InChI=1S/C11H11ClN2O/c1-14-6-10(5-13-14)8-2-3-9(7-15)11(12)4-8/h2-6,15H,7H2,1H3. The molecule has 0 aliphatic carbocycles. The van der Waals surface area contributed by atoms with E-state index in [0.29, 0.717) is 5.02 Å². The molecular formula is C11H11ClN2O. The van der Waals surface area contributed by atoms with Crippen LogP contribution in [0.15, 0.2) is 30.6 Å². The lowest BCUT2D eigenvalue weighted by molar-refractivity contribution is 0.282. The highest BCUT2D eigenvalue weighted by Crippen LogP contribution is 2.25. The lowest BCUT2D eigenvalue weighted by Crippen LogP contribution is -1.86. The molecule has 0 saturated heterocycles. The average molecular weight is 223 g/mol. The molecular weight excluding hydrogens is 212 g/mol. The molecule has 78 valence electrons. The van der Waals surface area contributed by atoms with Gasteiger partial charge < -0.3 is 5.11 Å². The van der Waals surface area contributed by atoms with Gasteiger partial charge in [-0.05, 0) is 17.2 Å². The van der Waals surface area contributed by atoms with Gasteiger partial charge in [-0.15, -0.1) is 0 Å². The largest absolute Gasteiger partial charge is 0.392 e. The van der Waals surface area contributed by atoms with E-state index in [9.17, 15) is 0 Å². The van der Waals surface area contributed by atoms with Gasteiger partial charge in [0.1, 0.15) is 0 Å². The second-order valence-corrected chi connectivity index (χ2v) is 3.77. The summed E-state index contributed by atoms with van der Waals surface area (Å²) in [7, 11) is 1.87. The van der Waals surface area contributed by atoms with E-state index in [4.69, 9.17) is 16.7 Å². The van der Waals surface area contributed by atoms with Crippen LogP contribution in [0.3, 0.4) is 0 Å². The third-order valence-corrected chi connectivity index (χ3v) is 2.61. The summed E-state index contributed by atoms with van der Waals surface area (Å²) < 4.78 is 1.74. The minimum atomic E-state index is -0.0356. The second kappa shape index (κ2) is 4.04. The fraction of sp³-hybridized carbons (Fsp3) is 0.182. The molecule has 0 amide bonds. The normalized spacial score (nSPS) is 10.6. The lowest BCUT2D eigenvalue weighted by atomic mass is 10.1. The summed E-state index contributed by atoms with van der Waals surface area (Å²) in [4.78, 5) is 0. The van der Waals surface area contributed by atoms with Crippen LogP contribution in [0.5, 0.6) is 0 Å². The Morgan fingerprint density at radius 1 is 1.40 bits per heavy atom. The van der Waals surface area contributed by atoms with Crippen molar-refractivity contribution in [3.63, 3.8) is 0 Å². The maximum absolute atomic E-state index is 8.98. The first-order valence-corrected chi connectivity index (χ1v) is 4.97. The number of aromatic nitrogens is 2. The molecule has 2 aromatic rings. The first-order valence-electron chi connectivity index (χ1n) is 4.59. The van der Waals surface area contributed by atoms with E-state index in [-0.39, 0.29) is 6.61 Å². The molecule has 0 atom stereocenters. The van der Waals surface area contributed by atoms with Crippen molar-refractivity contribution in [3.05, 3.63) is 41.2 Å². The molecule has 0 aliphatic heterocycles. The molecule has 0 unspecified atom stereocenters. The summed E-state index contributed by atoms with van der Waals surface area (Å²) in [6.07, 6.45) is 3.70. The molecule has 1 N–H and O–H groups in total. The van der Waals surface area contributed by atoms with Crippen LogP contribution >= 0.6 is 11.6 Å². The van der Waals surface area contributed by atoms with Gasteiger partial charge in [-0.1, -0.05) is 23.7 Å². The van der Waals surface area contributed by atoms with E-state index in [1.54, 1.807) is 10.9 Å². The van der Waals surface area contributed by atoms with Crippen molar-refractivity contribution in [1.82, 2.24) is 9.78 Å². The predicted molar refractivity (Wildman–Crippen MR) is 59.6 cm³/mol. The summed E-state index contributed by atoms with van der Waals surface area (Å²) >= 11 is 6.00. The predicted octanol–water partition coefficient (Wildman–Crippen LogP) is 2.23. The maximum Gasteiger partial charge on any atom is 0.0696 e. The van der Waals surface area contributed by atoms with Crippen molar-refractivity contribution in [1.29, 1.82) is 0 Å². The Hall–Kier alpha value is -1.32. The van der Waals surface area contributed by atoms with Gasteiger partial charge in [0.2, 0.25) is 0 Å². The molecule has 15 heavy (non-hydrogen) atoms.